The van der Waals surface area contributed by atoms with Gasteiger partial charge in [-0.3, -0.25) is 9.69 Å². The highest BCUT2D eigenvalue weighted by molar-refractivity contribution is 7.14. The van der Waals surface area contributed by atoms with Gasteiger partial charge in [-0.05, 0) is 19.3 Å². The van der Waals surface area contributed by atoms with E-state index in [0.717, 1.165) is 48.7 Å². The molecule has 2 aromatic rings. The second-order valence-corrected chi connectivity index (χ2v) is 8.62. The van der Waals surface area contributed by atoms with Crippen molar-refractivity contribution >= 4 is 39.7 Å². The molecular weight excluding hydrogens is 382 g/mol. The summed E-state index contributed by atoms with van der Waals surface area (Å²) in [4.78, 5) is 37.3. The third-order valence-corrected chi connectivity index (χ3v) is 6.98. The Kier molecular flexibility index (Phi) is 5.40. The number of nitrogens with zero attached hydrogens (tertiary/aromatic N) is 4. The van der Waals surface area contributed by atoms with Crippen molar-refractivity contribution < 1.29 is 9.59 Å². The van der Waals surface area contributed by atoms with Gasteiger partial charge >= 0.3 is 6.03 Å². The fourth-order valence-corrected chi connectivity index (χ4v) is 5.38. The summed E-state index contributed by atoms with van der Waals surface area (Å²) in [6.07, 6.45) is 3.34. The number of thiazole rings is 2. The third-order valence-electron chi connectivity index (χ3n) is 5.01. The van der Waals surface area contributed by atoms with Gasteiger partial charge in [0.1, 0.15) is 0 Å². The molecular formula is C18H23N5O2S2. The molecule has 4 rings (SSSR count). The van der Waals surface area contributed by atoms with Crippen LogP contribution >= 0.6 is 22.7 Å². The van der Waals surface area contributed by atoms with Crippen LogP contribution in [-0.2, 0) is 17.6 Å². The Hall–Kier alpha value is -2.00. The van der Waals surface area contributed by atoms with Gasteiger partial charge in [-0.1, -0.05) is 6.92 Å². The summed E-state index contributed by atoms with van der Waals surface area (Å²) < 4.78 is 0. The highest BCUT2D eigenvalue weighted by Gasteiger charge is 2.28. The van der Waals surface area contributed by atoms with Crippen LogP contribution in [0.4, 0.5) is 9.93 Å². The summed E-state index contributed by atoms with van der Waals surface area (Å²) in [6, 6.07) is -0.115. The maximum atomic E-state index is 12.8. The van der Waals surface area contributed by atoms with Gasteiger partial charge < -0.3 is 10.2 Å². The number of aryl methyl sites for hydroxylation is 1. The molecule has 4 heterocycles. The van der Waals surface area contributed by atoms with Crippen LogP contribution in [0.3, 0.4) is 0 Å². The highest BCUT2D eigenvalue weighted by atomic mass is 32.1. The van der Waals surface area contributed by atoms with E-state index in [2.05, 4.69) is 22.6 Å². The number of piperidine rings is 1. The Balaban J connectivity index is 1.38. The lowest BCUT2D eigenvalue weighted by atomic mass is 9.98. The summed E-state index contributed by atoms with van der Waals surface area (Å²) in [5.41, 5.74) is 1.88. The van der Waals surface area contributed by atoms with Gasteiger partial charge in [-0.25, -0.2) is 14.8 Å². The average Bonchev–Trinajstić information content (AvgIpc) is 3.42. The van der Waals surface area contributed by atoms with E-state index < -0.39 is 0 Å². The number of hydrogen-bond acceptors (Lipinski definition) is 6. The fourth-order valence-electron chi connectivity index (χ4n) is 3.50. The van der Waals surface area contributed by atoms with E-state index in [-0.39, 0.29) is 18.4 Å². The number of nitrogens with one attached hydrogen (secondary N) is 1. The van der Waals surface area contributed by atoms with E-state index in [9.17, 15) is 9.59 Å². The number of rotatable bonds is 5. The lowest BCUT2D eigenvalue weighted by molar-refractivity contribution is -0.131. The van der Waals surface area contributed by atoms with Gasteiger partial charge in [0.2, 0.25) is 5.91 Å². The maximum Gasteiger partial charge on any atom is 0.323 e. The van der Waals surface area contributed by atoms with Crippen molar-refractivity contribution in [2.24, 2.45) is 0 Å². The van der Waals surface area contributed by atoms with Gasteiger partial charge in [0.15, 0.2) is 5.13 Å². The first-order valence-corrected chi connectivity index (χ1v) is 11.1. The van der Waals surface area contributed by atoms with Crippen LogP contribution in [0.5, 0.6) is 0 Å². The van der Waals surface area contributed by atoms with Crippen LogP contribution in [-0.4, -0.2) is 53.0 Å². The van der Waals surface area contributed by atoms with E-state index in [1.54, 1.807) is 16.2 Å². The number of hydrogen-bond donors (Lipinski definition) is 1. The van der Waals surface area contributed by atoms with E-state index in [1.807, 2.05) is 10.3 Å². The summed E-state index contributed by atoms with van der Waals surface area (Å²) in [5.74, 6) is 0.446. The molecule has 1 atom stereocenters. The Labute approximate surface area is 166 Å². The monoisotopic (exact) mass is 405 g/mol. The van der Waals surface area contributed by atoms with Crippen molar-refractivity contribution in [1.29, 1.82) is 0 Å². The Morgan fingerprint density at radius 1 is 1.26 bits per heavy atom. The van der Waals surface area contributed by atoms with Crippen molar-refractivity contribution in [1.82, 2.24) is 20.2 Å². The third kappa shape index (κ3) is 3.98. The van der Waals surface area contributed by atoms with Crippen LogP contribution in [0.25, 0.3) is 0 Å². The summed E-state index contributed by atoms with van der Waals surface area (Å²) in [7, 11) is 0. The molecule has 7 nitrogen and oxygen atoms in total. The molecule has 2 aliphatic heterocycles. The number of amides is 3. The second kappa shape index (κ2) is 7.93. The normalized spacial score (nSPS) is 20.2. The van der Waals surface area contributed by atoms with Crippen LogP contribution in [0.15, 0.2) is 10.8 Å². The minimum Gasteiger partial charge on any atom is -0.342 e. The number of urea groups is 1. The van der Waals surface area contributed by atoms with Crippen LogP contribution < -0.4 is 10.2 Å². The predicted molar refractivity (Wildman–Crippen MR) is 107 cm³/mol. The topological polar surface area (TPSA) is 78.4 Å². The smallest absolute Gasteiger partial charge is 0.323 e. The zero-order chi connectivity index (χ0) is 18.8. The zero-order valence-electron chi connectivity index (χ0n) is 15.3. The molecule has 9 heteroatoms. The molecule has 3 amide bonds. The molecule has 27 heavy (non-hydrogen) atoms. The molecule has 2 saturated heterocycles. The summed E-state index contributed by atoms with van der Waals surface area (Å²) >= 11 is 3.13. The zero-order valence-corrected chi connectivity index (χ0v) is 16.9. The number of carbonyl (C=O) groups is 2. The van der Waals surface area contributed by atoms with Crippen molar-refractivity contribution in [3.63, 3.8) is 0 Å². The summed E-state index contributed by atoms with van der Waals surface area (Å²) in [5, 5.41) is 8.60. The molecule has 0 bridgehead atoms. The average molecular weight is 406 g/mol. The van der Waals surface area contributed by atoms with Crippen molar-refractivity contribution in [3.8, 4) is 0 Å². The molecule has 0 aliphatic carbocycles. The molecule has 2 fully saturated rings. The second-order valence-electron chi connectivity index (χ2n) is 6.89. The fraction of sp³-hybridized carbons (Fsp3) is 0.556. The number of anilines is 1. The first-order valence-electron chi connectivity index (χ1n) is 9.36. The Morgan fingerprint density at radius 3 is 2.85 bits per heavy atom. The van der Waals surface area contributed by atoms with E-state index in [1.165, 1.54) is 11.3 Å². The Bertz CT molecular complexity index is 833. The standard InChI is InChI=1S/C18H23N5O2S2/c1-2-13-10-26-16(20-13)12-4-3-6-22(9-12)15(24)8-14-11-27-18(21-14)23-7-5-19-17(23)25/h10-12H,2-9H2,1H3,(H,19,25). The molecule has 0 spiro atoms. The lowest BCUT2D eigenvalue weighted by Crippen LogP contribution is -2.40. The molecule has 144 valence electrons. The summed E-state index contributed by atoms with van der Waals surface area (Å²) in [6.45, 7) is 4.91. The lowest BCUT2D eigenvalue weighted by Gasteiger charge is -2.31. The number of likely N-dealkylation sites (tertiary alicyclic amines) is 1. The van der Waals surface area contributed by atoms with Crippen LogP contribution in [0.1, 0.15) is 42.1 Å². The van der Waals surface area contributed by atoms with Gasteiger partial charge in [0.25, 0.3) is 0 Å². The minimum atomic E-state index is -0.115. The van der Waals surface area contributed by atoms with Crippen molar-refractivity contribution in [2.75, 3.05) is 31.1 Å². The SMILES string of the molecule is CCc1csc(C2CCCN(C(=O)Cc3csc(N4CCNC4=O)n3)C2)n1. The van der Waals surface area contributed by atoms with Gasteiger partial charge in [0, 0.05) is 42.9 Å². The molecule has 1 N–H and O–H groups in total. The molecule has 1 unspecified atom stereocenters. The van der Waals surface area contributed by atoms with E-state index in [4.69, 9.17) is 4.98 Å². The van der Waals surface area contributed by atoms with Gasteiger partial charge in [-0.2, -0.15) is 0 Å². The molecule has 0 radical (unpaired) electrons. The maximum absolute atomic E-state index is 12.8. The van der Waals surface area contributed by atoms with Gasteiger partial charge in [-0.15, -0.1) is 22.7 Å². The largest absolute Gasteiger partial charge is 0.342 e. The number of aromatic nitrogens is 2. The van der Waals surface area contributed by atoms with Crippen LogP contribution in [0.2, 0.25) is 0 Å². The first kappa shape index (κ1) is 18.4. The number of carbonyl (C=O) groups excluding carboxylic acids is 2. The van der Waals surface area contributed by atoms with E-state index >= 15 is 0 Å². The molecule has 2 aliphatic rings. The van der Waals surface area contributed by atoms with Crippen molar-refractivity contribution in [3.05, 3.63) is 27.2 Å². The Morgan fingerprint density at radius 2 is 2.11 bits per heavy atom. The quantitative estimate of drug-likeness (QED) is 0.829. The predicted octanol–water partition coefficient (Wildman–Crippen LogP) is 2.64. The van der Waals surface area contributed by atoms with Crippen LogP contribution in [0, 0.1) is 0 Å². The molecule has 2 aromatic heterocycles. The van der Waals surface area contributed by atoms with Gasteiger partial charge in [0.05, 0.1) is 22.8 Å². The highest BCUT2D eigenvalue weighted by Crippen LogP contribution is 2.30. The van der Waals surface area contributed by atoms with Crippen molar-refractivity contribution in [2.45, 2.75) is 38.5 Å². The van der Waals surface area contributed by atoms with E-state index in [0.29, 0.717) is 24.1 Å². The first-order chi connectivity index (χ1) is 13.1. The molecule has 0 saturated carbocycles. The minimum absolute atomic E-state index is 0.106. The molecule has 0 aromatic carbocycles.